The van der Waals surface area contributed by atoms with Gasteiger partial charge in [0.15, 0.2) is 10.1 Å². The van der Waals surface area contributed by atoms with Crippen LogP contribution in [0.15, 0.2) is 76.1 Å². The Hall–Kier alpha value is -2.96. The number of rotatable bonds is 4. The van der Waals surface area contributed by atoms with E-state index < -0.39 is 0 Å². The molecule has 4 rings (SSSR count). The molecule has 0 aliphatic carbocycles. The van der Waals surface area contributed by atoms with E-state index in [1.807, 2.05) is 54.6 Å². The number of nitrogens with zero attached hydrogens (tertiary/aromatic N) is 1. The molecular formula is C22H15NO3S2. The summed E-state index contributed by atoms with van der Waals surface area (Å²) < 4.78 is 6.36. The zero-order valence-corrected chi connectivity index (χ0v) is 16.5. The van der Waals surface area contributed by atoms with Crippen LogP contribution < -0.4 is 4.90 Å². The predicted octanol–water partition coefficient (Wildman–Crippen LogP) is 5.56. The molecule has 1 aliphatic heterocycles. The molecule has 1 amide bonds. The largest absolute Gasteiger partial charge is 0.457 e. The molecule has 2 heterocycles. The summed E-state index contributed by atoms with van der Waals surface area (Å²) in [6.45, 7) is 1.53. The van der Waals surface area contributed by atoms with Crippen molar-refractivity contribution in [3.63, 3.8) is 0 Å². The minimum Gasteiger partial charge on any atom is -0.457 e. The summed E-state index contributed by atoms with van der Waals surface area (Å²) in [5.41, 5.74) is 2.26. The van der Waals surface area contributed by atoms with Gasteiger partial charge in [-0.15, -0.1) is 0 Å². The highest BCUT2D eigenvalue weighted by Crippen LogP contribution is 2.36. The highest BCUT2D eigenvalue weighted by Gasteiger charge is 2.33. The fourth-order valence-electron chi connectivity index (χ4n) is 2.85. The van der Waals surface area contributed by atoms with Gasteiger partial charge in [0.25, 0.3) is 5.91 Å². The highest BCUT2D eigenvalue weighted by atomic mass is 32.2. The number of carbonyl (C=O) groups is 2. The molecular weight excluding hydrogens is 390 g/mol. The van der Waals surface area contributed by atoms with E-state index >= 15 is 0 Å². The molecule has 0 atom stereocenters. The molecule has 6 heteroatoms. The molecule has 2 aromatic carbocycles. The number of Topliss-reactive ketones (excluding diaryl/α,β-unsaturated/α-hetero) is 1. The molecule has 4 nitrogen and oxygen atoms in total. The van der Waals surface area contributed by atoms with E-state index in [-0.39, 0.29) is 11.7 Å². The predicted molar refractivity (Wildman–Crippen MR) is 116 cm³/mol. The van der Waals surface area contributed by atoms with Gasteiger partial charge in [0.1, 0.15) is 11.5 Å². The highest BCUT2D eigenvalue weighted by molar-refractivity contribution is 8.27. The number of thioether (sulfide) groups is 1. The molecule has 0 unspecified atom stereocenters. The topological polar surface area (TPSA) is 50.5 Å². The van der Waals surface area contributed by atoms with Gasteiger partial charge in [-0.05, 0) is 31.2 Å². The van der Waals surface area contributed by atoms with Crippen LogP contribution in [0, 0.1) is 0 Å². The van der Waals surface area contributed by atoms with Crippen LogP contribution in [0.3, 0.4) is 0 Å². The van der Waals surface area contributed by atoms with Gasteiger partial charge in [-0.3, -0.25) is 14.5 Å². The monoisotopic (exact) mass is 405 g/mol. The van der Waals surface area contributed by atoms with E-state index in [1.165, 1.54) is 23.6 Å². The first-order chi connectivity index (χ1) is 13.5. The average Bonchev–Trinajstić information content (AvgIpc) is 3.27. The lowest BCUT2D eigenvalue weighted by molar-refractivity contribution is -0.113. The summed E-state index contributed by atoms with van der Waals surface area (Å²) >= 11 is 6.63. The van der Waals surface area contributed by atoms with Gasteiger partial charge in [-0.2, -0.15) is 0 Å². The fourth-order valence-corrected chi connectivity index (χ4v) is 4.13. The van der Waals surface area contributed by atoms with Gasteiger partial charge in [0, 0.05) is 17.2 Å². The van der Waals surface area contributed by atoms with Crippen molar-refractivity contribution in [2.75, 3.05) is 4.90 Å². The number of carbonyl (C=O) groups excluding carboxylic acids is 2. The number of thiocarbonyl (C=S) groups is 1. The third-order valence-electron chi connectivity index (χ3n) is 4.28. The number of furan rings is 1. The Morgan fingerprint density at radius 1 is 1.04 bits per heavy atom. The Kier molecular flexibility index (Phi) is 4.98. The Labute approximate surface area is 171 Å². The minimum absolute atomic E-state index is 0.0205. The molecule has 0 N–H and O–H groups in total. The molecule has 0 spiro atoms. The van der Waals surface area contributed by atoms with Crippen LogP contribution in [0.4, 0.5) is 5.69 Å². The maximum Gasteiger partial charge on any atom is 0.270 e. The van der Waals surface area contributed by atoms with Crippen LogP contribution in [-0.4, -0.2) is 16.0 Å². The Morgan fingerprint density at radius 3 is 2.43 bits per heavy atom. The second-order valence-corrected chi connectivity index (χ2v) is 7.86. The Bertz CT molecular complexity index is 1100. The zero-order chi connectivity index (χ0) is 19.7. The first-order valence-electron chi connectivity index (χ1n) is 8.57. The first-order valence-corrected chi connectivity index (χ1v) is 9.79. The van der Waals surface area contributed by atoms with Crippen molar-refractivity contribution in [1.29, 1.82) is 0 Å². The van der Waals surface area contributed by atoms with Gasteiger partial charge < -0.3 is 4.42 Å². The summed E-state index contributed by atoms with van der Waals surface area (Å²) in [5, 5.41) is 0. The lowest BCUT2D eigenvalue weighted by Gasteiger charge is -2.13. The Balaban J connectivity index is 1.58. The molecule has 0 saturated carbocycles. The molecule has 138 valence electrons. The third-order valence-corrected chi connectivity index (χ3v) is 5.59. The maximum absolute atomic E-state index is 12.8. The van der Waals surface area contributed by atoms with Crippen molar-refractivity contribution in [1.82, 2.24) is 0 Å². The van der Waals surface area contributed by atoms with Crippen molar-refractivity contribution in [2.45, 2.75) is 6.92 Å². The lowest BCUT2D eigenvalue weighted by Crippen LogP contribution is -2.27. The second-order valence-electron chi connectivity index (χ2n) is 6.19. The number of ketones is 1. The standard InChI is InChI=1S/C22H15NO3S2/c1-14(24)15-7-9-16(10-8-15)19-12-11-18(26-19)13-20-21(25)23(22(27)28-20)17-5-3-2-4-6-17/h2-13H,1H3. The van der Waals surface area contributed by atoms with E-state index in [4.69, 9.17) is 16.6 Å². The van der Waals surface area contributed by atoms with E-state index in [0.29, 0.717) is 26.3 Å². The maximum atomic E-state index is 12.8. The second kappa shape index (κ2) is 7.58. The van der Waals surface area contributed by atoms with Crippen LogP contribution in [0.1, 0.15) is 23.0 Å². The van der Waals surface area contributed by atoms with Crippen molar-refractivity contribution in [3.05, 3.63) is 83.0 Å². The van der Waals surface area contributed by atoms with Gasteiger partial charge in [0.2, 0.25) is 0 Å². The number of anilines is 1. The molecule has 1 saturated heterocycles. The quantitative estimate of drug-likeness (QED) is 0.323. The van der Waals surface area contributed by atoms with Crippen molar-refractivity contribution >= 4 is 51.8 Å². The van der Waals surface area contributed by atoms with E-state index in [2.05, 4.69) is 0 Å². The fraction of sp³-hybridized carbons (Fsp3) is 0.0455. The summed E-state index contributed by atoms with van der Waals surface area (Å²) in [5.74, 6) is 1.09. The van der Waals surface area contributed by atoms with Crippen LogP contribution >= 0.6 is 24.0 Å². The van der Waals surface area contributed by atoms with E-state index in [9.17, 15) is 9.59 Å². The Morgan fingerprint density at radius 2 is 1.75 bits per heavy atom. The molecule has 1 aromatic heterocycles. The first kappa shape index (κ1) is 18.4. The number of hydrogen-bond donors (Lipinski definition) is 0. The van der Waals surface area contributed by atoms with Gasteiger partial charge in [-0.25, -0.2) is 0 Å². The van der Waals surface area contributed by atoms with Crippen LogP contribution in [0.25, 0.3) is 17.4 Å². The smallest absolute Gasteiger partial charge is 0.270 e. The summed E-state index contributed by atoms with van der Waals surface area (Å²) in [6, 6.07) is 20.2. The lowest BCUT2D eigenvalue weighted by atomic mass is 10.1. The molecule has 0 radical (unpaired) electrons. The SMILES string of the molecule is CC(=O)c1ccc(-c2ccc(C=C3SC(=S)N(c4ccccc4)C3=O)o2)cc1. The number of para-hydroxylation sites is 1. The molecule has 1 fully saturated rings. The average molecular weight is 406 g/mol. The van der Waals surface area contributed by atoms with Gasteiger partial charge in [0.05, 0.1) is 10.6 Å². The van der Waals surface area contributed by atoms with Crippen molar-refractivity contribution in [3.8, 4) is 11.3 Å². The van der Waals surface area contributed by atoms with E-state index in [0.717, 1.165) is 11.3 Å². The molecule has 1 aliphatic rings. The van der Waals surface area contributed by atoms with Gasteiger partial charge in [-0.1, -0.05) is 66.4 Å². The number of amides is 1. The van der Waals surface area contributed by atoms with Crippen LogP contribution in [0.2, 0.25) is 0 Å². The summed E-state index contributed by atoms with van der Waals surface area (Å²) in [7, 11) is 0. The summed E-state index contributed by atoms with van der Waals surface area (Å²) in [4.78, 5) is 26.2. The summed E-state index contributed by atoms with van der Waals surface area (Å²) in [6.07, 6.45) is 1.70. The molecule has 3 aromatic rings. The normalized spacial score (nSPS) is 15.5. The van der Waals surface area contributed by atoms with Crippen molar-refractivity contribution in [2.24, 2.45) is 0 Å². The minimum atomic E-state index is -0.162. The number of benzene rings is 2. The van der Waals surface area contributed by atoms with E-state index in [1.54, 1.807) is 18.2 Å². The van der Waals surface area contributed by atoms with Crippen LogP contribution in [-0.2, 0) is 4.79 Å². The zero-order valence-electron chi connectivity index (χ0n) is 14.9. The third kappa shape index (κ3) is 3.56. The van der Waals surface area contributed by atoms with Gasteiger partial charge >= 0.3 is 0 Å². The van der Waals surface area contributed by atoms with Crippen molar-refractivity contribution < 1.29 is 14.0 Å². The van der Waals surface area contributed by atoms with Crippen LogP contribution in [0.5, 0.6) is 0 Å². The molecule has 0 bridgehead atoms. The number of hydrogen-bond acceptors (Lipinski definition) is 5. The molecule has 28 heavy (non-hydrogen) atoms.